The molecule has 0 spiro atoms. The summed E-state index contributed by atoms with van der Waals surface area (Å²) < 4.78 is 3.13. The van der Waals surface area contributed by atoms with Crippen LogP contribution in [0.2, 0.25) is 0 Å². The number of aryl methyl sites for hydroxylation is 1. The quantitative estimate of drug-likeness (QED) is 0.566. The first kappa shape index (κ1) is 17.7. The highest BCUT2D eigenvalue weighted by Gasteiger charge is 2.10. The summed E-state index contributed by atoms with van der Waals surface area (Å²) in [6.07, 6.45) is 3.65. The zero-order valence-corrected chi connectivity index (χ0v) is 15.3. The van der Waals surface area contributed by atoms with Gasteiger partial charge in [-0.15, -0.1) is 0 Å². The minimum atomic E-state index is -0.159. The van der Waals surface area contributed by atoms with Crippen molar-refractivity contribution in [1.29, 1.82) is 0 Å². The molecule has 28 heavy (non-hydrogen) atoms. The lowest BCUT2D eigenvalue weighted by molar-refractivity contribution is -0.121. The van der Waals surface area contributed by atoms with Gasteiger partial charge in [-0.1, -0.05) is 60.7 Å². The van der Waals surface area contributed by atoms with Gasteiger partial charge in [0, 0.05) is 37.5 Å². The normalized spacial score (nSPS) is 10.9. The third-order valence-corrected chi connectivity index (χ3v) is 4.59. The molecule has 0 radical (unpaired) electrons. The molecule has 2 aromatic heterocycles. The molecule has 1 N–H and O–H groups in total. The van der Waals surface area contributed by atoms with Crippen LogP contribution >= 0.6 is 0 Å². The molecule has 2 aromatic carbocycles. The number of aromatic nitrogens is 3. The second kappa shape index (κ2) is 7.92. The van der Waals surface area contributed by atoms with E-state index in [2.05, 4.69) is 10.4 Å². The number of benzene rings is 2. The lowest BCUT2D eigenvalue weighted by atomic mass is 10.1. The van der Waals surface area contributed by atoms with Crippen molar-refractivity contribution < 1.29 is 4.79 Å². The average Bonchev–Trinajstić information content (AvgIpc) is 3.18. The van der Waals surface area contributed by atoms with E-state index in [1.807, 2.05) is 60.7 Å². The highest BCUT2D eigenvalue weighted by molar-refractivity contribution is 5.75. The average molecular weight is 372 g/mol. The first-order valence-electron chi connectivity index (χ1n) is 9.15. The summed E-state index contributed by atoms with van der Waals surface area (Å²) in [5.41, 5.74) is 3.08. The van der Waals surface area contributed by atoms with Crippen LogP contribution in [0.3, 0.4) is 0 Å². The summed E-state index contributed by atoms with van der Waals surface area (Å²) in [5.74, 6) is -0.0888. The molecule has 0 aliphatic rings. The summed E-state index contributed by atoms with van der Waals surface area (Å²) >= 11 is 0. The number of rotatable bonds is 6. The van der Waals surface area contributed by atoms with Gasteiger partial charge in [-0.2, -0.15) is 5.10 Å². The summed E-state index contributed by atoms with van der Waals surface area (Å²) in [6.45, 7) is 0.804. The molecule has 0 bridgehead atoms. The smallest absolute Gasteiger partial charge is 0.276 e. The lowest BCUT2D eigenvalue weighted by Crippen LogP contribution is -2.27. The van der Waals surface area contributed by atoms with Crippen molar-refractivity contribution in [2.45, 2.75) is 19.5 Å². The second-order valence-corrected chi connectivity index (χ2v) is 6.53. The topological polar surface area (TPSA) is 68.4 Å². The van der Waals surface area contributed by atoms with Gasteiger partial charge in [0.25, 0.3) is 5.56 Å². The molecule has 0 aliphatic heterocycles. The van der Waals surface area contributed by atoms with Gasteiger partial charge in [0.05, 0.1) is 5.69 Å². The Bertz CT molecular complexity index is 1150. The molecule has 0 atom stereocenters. The van der Waals surface area contributed by atoms with Crippen molar-refractivity contribution in [3.8, 4) is 11.3 Å². The van der Waals surface area contributed by atoms with Gasteiger partial charge in [0.2, 0.25) is 5.91 Å². The van der Waals surface area contributed by atoms with Gasteiger partial charge in [-0.3, -0.25) is 9.59 Å². The predicted octanol–water partition coefficient (Wildman–Crippen LogP) is 2.87. The van der Waals surface area contributed by atoms with E-state index in [0.717, 1.165) is 16.8 Å². The maximum Gasteiger partial charge on any atom is 0.276 e. The van der Waals surface area contributed by atoms with E-state index in [1.54, 1.807) is 27.5 Å². The van der Waals surface area contributed by atoms with E-state index in [1.165, 1.54) is 0 Å². The number of fused-ring (bicyclic) bond motifs is 1. The van der Waals surface area contributed by atoms with Gasteiger partial charge in [-0.25, -0.2) is 4.52 Å². The number of hydrogen-bond donors (Lipinski definition) is 1. The molecule has 0 aliphatic carbocycles. The molecule has 6 heteroatoms. The molecule has 0 saturated heterocycles. The van der Waals surface area contributed by atoms with E-state index in [4.69, 9.17) is 0 Å². The molecular weight excluding hydrogens is 352 g/mol. The molecule has 1 amide bonds. The number of amides is 1. The van der Waals surface area contributed by atoms with E-state index in [0.29, 0.717) is 18.6 Å². The van der Waals surface area contributed by atoms with Crippen LogP contribution < -0.4 is 10.9 Å². The van der Waals surface area contributed by atoms with Gasteiger partial charge >= 0.3 is 0 Å². The Morgan fingerprint density at radius 1 is 0.964 bits per heavy atom. The number of carbonyl (C=O) groups is 1. The maximum absolute atomic E-state index is 12.7. The largest absolute Gasteiger partial charge is 0.352 e. The van der Waals surface area contributed by atoms with Crippen molar-refractivity contribution in [1.82, 2.24) is 19.5 Å². The summed E-state index contributed by atoms with van der Waals surface area (Å²) in [7, 11) is 0. The third kappa shape index (κ3) is 3.86. The van der Waals surface area contributed by atoms with Crippen LogP contribution in [-0.2, 0) is 17.9 Å². The van der Waals surface area contributed by atoms with Crippen LogP contribution in [0.4, 0.5) is 0 Å². The summed E-state index contributed by atoms with van der Waals surface area (Å²) in [5, 5.41) is 7.35. The van der Waals surface area contributed by atoms with Gasteiger partial charge in [-0.05, 0) is 11.6 Å². The monoisotopic (exact) mass is 372 g/mol. The van der Waals surface area contributed by atoms with E-state index >= 15 is 0 Å². The Balaban J connectivity index is 1.45. The molecular formula is C22H20N4O2. The molecule has 0 unspecified atom stereocenters. The Labute approximate surface area is 162 Å². The van der Waals surface area contributed by atoms with Gasteiger partial charge < -0.3 is 9.88 Å². The fourth-order valence-corrected chi connectivity index (χ4v) is 3.06. The lowest BCUT2D eigenvalue weighted by Gasteiger charge is -2.07. The van der Waals surface area contributed by atoms with Gasteiger partial charge in [0.15, 0.2) is 0 Å². The van der Waals surface area contributed by atoms with Gasteiger partial charge in [0.1, 0.15) is 5.52 Å². The summed E-state index contributed by atoms with van der Waals surface area (Å²) in [6, 6.07) is 21.2. The molecule has 6 nitrogen and oxygen atoms in total. The predicted molar refractivity (Wildman–Crippen MR) is 108 cm³/mol. The maximum atomic E-state index is 12.7. The molecule has 0 fully saturated rings. The number of nitrogens with zero attached hydrogens (tertiary/aromatic N) is 3. The highest BCUT2D eigenvalue weighted by Crippen LogP contribution is 2.17. The van der Waals surface area contributed by atoms with Crippen molar-refractivity contribution in [2.75, 3.05) is 0 Å². The number of hydrogen-bond acceptors (Lipinski definition) is 3. The third-order valence-electron chi connectivity index (χ3n) is 4.59. The van der Waals surface area contributed by atoms with Crippen molar-refractivity contribution >= 4 is 11.4 Å². The fourth-order valence-electron chi connectivity index (χ4n) is 3.06. The van der Waals surface area contributed by atoms with E-state index < -0.39 is 0 Å². The molecule has 4 aromatic rings. The number of carbonyl (C=O) groups excluding carboxylic acids is 1. The highest BCUT2D eigenvalue weighted by atomic mass is 16.1. The van der Waals surface area contributed by atoms with Crippen LogP contribution in [0.25, 0.3) is 16.8 Å². The fraction of sp³-hybridized carbons (Fsp3) is 0.136. The van der Waals surface area contributed by atoms with Crippen LogP contribution in [0.1, 0.15) is 12.0 Å². The first-order valence-corrected chi connectivity index (χ1v) is 9.15. The molecule has 0 saturated carbocycles. The van der Waals surface area contributed by atoms with Crippen LogP contribution in [-0.4, -0.2) is 20.1 Å². The zero-order chi connectivity index (χ0) is 19.3. The summed E-state index contributed by atoms with van der Waals surface area (Å²) in [4.78, 5) is 24.8. The first-order chi connectivity index (χ1) is 13.7. The Hall–Kier alpha value is -3.67. The zero-order valence-electron chi connectivity index (χ0n) is 15.3. The molecule has 140 valence electrons. The van der Waals surface area contributed by atoms with Crippen molar-refractivity contribution in [3.05, 3.63) is 95.0 Å². The minimum Gasteiger partial charge on any atom is -0.352 e. The minimum absolute atomic E-state index is 0.0888. The van der Waals surface area contributed by atoms with E-state index in [-0.39, 0.29) is 17.9 Å². The van der Waals surface area contributed by atoms with Crippen LogP contribution in [0, 0.1) is 0 Å². The number of nitrogens with one attached hydrogen (secondary N) is 1. The standard InChI is InChI=1S/C22H20N4O2/c27-21(23-16-17-7-3-1-4-8-17)11-12-25-13-14-26-20(22(25)28)15-19(24-26)18-9-5-2-6-10-18/h1-10,13-15H,11-12,16H2,(H,23,27). The van der Waals surface area contributed by atoms with Crippen LogP contribution in [0.15, 0.2) is 83.9 Å². The van der Waals surface area contributed by atoms with E-state index in [9.17, 15) is 9.59 Å². The molecule has 4 rings (SSSR count). The van der Waals surface area contributed by atoms with Crippen LogP contribution in [0.5, 0.6) is 0 Å². The van der Waals surface area contributed by atoms with Crippen molar-refractivity contribution in [2.24, 2.45) is 0 Å². The Morgan fingerprint density at radius 2 is 1.68 bits per heavy atom. The second-order valence-electron chi connectivity index (χ2n) is 6.53. The molecule has 2 heterocycles. The SMILES string of the molecule is O=C(CCn1ccn2nc(-c3ccccc3)cc2c1=O)NCc1ccccc1. The Kier molecular flexibility index (Phi) is 5.01. The Morgan fingerprint density at radius 3 is 2.43 bits per heavy atom. The van der Waals surface area contributed by atoms with Crippen molar-refractivity contribution in [3.63, 3.8) is 0 Å².